The van der Waals surface area contributed by atoms with Crippen molar-refractivity contribution in [3.05, 3.63) is 101 Å². The lowest BCUT2D eigenvalue weighted by atomic mass is 10.0. The number of nitrogens with zero attached hydrogens (tertiary/aromatic N) is 1. The van der Waals surface area contributed by atoms with Crippen molar-refractivity contribution < 1.29 is 18.7 Å². The molecular weight excluding hydrogens is 455 g/mol. The molecule has 0 saturated heterocycles. The van der Waals surface area contributed by atoms with Gasteiger partial charge in [0.2, 0.25) is 11.8 Å². The van der Waals surface area contributed by atoms with Crippen LogP contribution in [0.2, 0.25) is 0 Å². The molecular formula is C30H33FN2O3. The molecule has 0 bridgehead atoms. The first-order chi connectivity index (χ1) is 17.5. The Morgan fingerprint density at radius 2 is 1.61 bits per heavy atom. The number of halogens is 1. The van der Waals surface area contributed by atoms with Gasteiger partial charge < -0.3 is 15.0 Å². The standard InChI is InChI=1S/C30H33FN2O3/c1-36-26-17-15-23(16-18-26)20-29(34)33(21-24-11-5-8-14-27(24)31)28(19-22-9-3-2-4-10-22)30(35)32-25-12-6-7-13-25/h2-5,8-11,14-18,25,28H,6-7,12-13,19-21H2,1H3,(H,32,35). The van der Waals surface area contributed by atoms with Gasteiger partial charge in [0.05, 0.1) is 13.5 Å². The lowest BCUT2D eigenvalue weighted by Crippen LogP contribution is -2.52. The number of hydrogen-bond donors (Lipinski definition) is 1. The molecule has 0 radical (unpaired) electrons. The minimum atomic E-state index is -0.765. The van der Waals surface area contributed by atoms with Gasteiger partial charge in [0.1, 0.15) is 17.6 Å². The minimum Gasteiger partial charge on any atom is -0.497 e. The van der Waals surface area contributed by atoms with Crippen molar-refractivity contribution in [3.8, 4) is 5.75 Å². The van der Waals surface area contributed by atoms with Gasteiger partial charge in [-0.25, -0.2) is 4.39 Å². The minimum absolute atomic E-state index is 0.0112. The third-order valence-electron chi connectivity index (χ3n) is 6.79. The summed E-state index contributed by atoms with van der Waals surface area (Å²) >= 11 is 0. The molecule has 1 aliphatic rings. The van der Waals surface area contributed by atoms with Crippen LogP contribution in [0, 0.1) is 5.82 Å². The molecule has 1 fully saturated rings. The molecule has 188 valence electrons. The van der Waals surface area contributed by atoms with Gasteiger partial charge in [-0.15, -0.1) is 0 Å². The monoisotopic (exact) mass is 488 g/mol. The molecule has 3 aromatic rings. The molecule has 2 amide bonds. The Morgan fingerprint density at radius 3 is 2.28 bits per heavy atom. The summed E-state index contributed by atoms with van der Waals surface area (Å²) in [5, 5.41) is 3.17. The maximum atomic E-state index is 14.7. The summed E-state index contributed by atoms with van der Waals surface area (Å²) in [5.74, 6) is -0.113. The summed E-state index contributed by atoms with van der Waals surface area (Å²) in [7, 11) is 1.59. The zero-order valence-corrected chi connectivity index (χ0v) is 20.7. The van der Waals surface area contributed by atoms with Gasteiger partial charge in [0.25, 0.3) is 0 Å². The second kappa shape index (κ2) is 12.3. The van der Waals surface area contributed by atoms with Crippen molar-refractivity contribution in [1.29, 1.82) is 0 Å². The Balaban J connectivity index is 1.65. The zero-order chi connectivity index (χ0) is 25.3. The maximum absolute atomic E-state index is 14.7. The first kappa shape index (κ1) is 25.4. The highest BCUT2D eigenvalue weighted by Crippen LogP contribution is 2.21. The fraction of sp³-hybridized carbons (Fsp3) is 0.333. The van der Waals surface area contributed by atoms with Crippen LogP contribution >= 0.6 is 0 Å². The van der Waals surface area contributed by atoms with Crippen LogP contribution in [0.15, 0.2) is 78.9 Å². The van der Waals surface area contributed by atoms with Crippen LogP contribution in [-0.4, -0.2) is 35.9 Å². The molecule has 36 heavy (non-hydrogen) atoms. The third kappa shape index (κ3) is 6.72. The lowest BCUT2D eigenvalue weighted by molar-refractivity contribution is -0.141. The number of ether oxygens (including phenoxy) is 1. The van der Waals surface area contributed by atoms with E-state index in [-0.39, 0.29) is 30.8 Å². The number of hydrogen-bond acceptors (Lipinski definition) is 3. The van der Waals surface area contributed by atoms with Gasteiger partial charge in [-0.05, 0) is 42.2 Å². The summed E-state index contributed by atoms with van der Waals surface area (Å²) in [6.07, 6.45) is 4.50. The highest BCUT2D eigenvalue weighted by Gasteiger charge is 2.32. The van der Waals surface area contributed by atoms with Crippen LogP contribution in [0.25, 0.3) is 0 Å². The average molecular weight is 489 g/mol. The summed E-state index contributed by atoms with van der Waals surface area (Å²) in [4.78, 5) is 28.9. The van der Waals surface area contributed by atoms with E-state index in [4.69, 9.17) is 4.74 Å². The van der Waals surface area contributed by atoms with Gasteiger partial charge >= 0.3 is 0 Å². The summed E-state index contributed by atoms with van der Waals surface area (Å²) in [6.45, 7) is 0.0112. The number of rotatable bonds is 10. The van der Waals surface area contributed by atoms with Gasteiger partial charge in [-0.3, -0.25) is 9.59 Å². The molecule has 0 heterocycles. The van der Waals surface area contributed by atoms with E-state index in [1.54, 1.807) is 42.3 Å². The van der Waals surface area contributed by atoms with Crippen LogP contribution in [0.4, 0.5) is 4.39 Å². The second-order valence-corrected chi connectivity index (χ2v) is 9.33. The van der Waals surface area contributed by atoms with Crippen molar-refractivity contribution in [2.24, 2.45) is 0 Å². The van der Waals surface area contributed by atoms with E-state index < -0.39 is 11.9 Å². The molecule has 6 heteroatoms. The van der Waals surface area contributed by atoms with Crippen molar-refractivity contribution in [2.45, 2.75) is 57.2 Å². The van der Waals surface area contributed by atoms with Gasteiger partial charge in [-0.1, -0.05) is 73.5 Å². The molecule has 1 aliphatic carbocycles. The van der Waals surface area contributed by atoms with E-state index in [0.29, 0.717) is 17.7 Å². The number of benzene rings is 3. The molecule has 0 aliphatic heterocycles. The Bertz CT molecular complexity index is 1140. The Labute approximate surface area is 212 Å². The van der Waals surface area contributed by atoms with Crippen molar-refractivity contribution in [3.63, 3.8) is 0 Å². The molecule has 5 nitrogen and oxygen atoms in total. The summed E-state index contributed by atoms with van der Waals surface area (Å²) < 4.78 is 19.9. The van der Waals surface area contributed by atoms with E-state index in [1.165, 1.54) is 6.07 Å². The summed E-state index contributed by atoms with van der Waals surface area (Å²) in [5.41, 5.74) is 2.13. The quantitative estimate of drug-likeness (QED) is 0.433. The number of carbonyl (C=O) groups is 2. The summed E-state index contributed by atoms with van der Waals surface area (Å²) in [6, 6.07) is 22.7. The first-order valence-corrected chi connectivity index (χ1v) is 12.5. The first-order valence-electron chi connectivity index (χ1n) is 12.5. The smallest absolute Gasteiger partial charge is 0.243 e. The van der Waals surface area contributed by atoms with E-state index in [2.05, 4.69) is 5.32 Å². The molecule has 0 aromatic heterocycles. The highest BCUT2D eigenvalue weighted by atomic mass is 19.1. The third-order valence-corrected chi connectivity index (χ3v) is 6.79. The molecule has 1 N–H and O–H groups in total. The SMILES string of the molecule is COc1ccc(CC(=O)N(Cc2ccccc2F)C(Cc2ccccc2)C(=O)NC2CCCC2)cc1. The number of nitrogens with one attached hydrogen (secondary N) is 1. The van der Waals surface area contributed by atoms with Gasteiger partial charge in [0, 0.05) is 24.6 Å². The lowest BCUT2D eigenvalue weighted by Gasteiger charge is -2.32. The molecule has 1 atom stereocenters. The van der Waals surface area contributed by atoms with E-state index in [1.807, 2.05) is 42.5 Å². The van der Waals surface area contributed by atoms with Gasteiger partial charge in [0.15, 0.2) is 0 Å². The zero-order valence-electron chi connectivity index (χ0n) is 20.7. The molecule has 0 spiro atoms. The second-order valence-electron chi connectivity index (χ2n) is 9.33. The van der Waals surface area contributed by atoms with Crippen LogP contribution in [-0.2, 0) is 29.0 Å². The number of methoxy groups -OCH3 is 1. The molecule has 1 unspecified atom stereocenters. The fourth-order valence-corrected chi connectivity index (χ4v) is 4.75. The van der Waals surface area contributed by atoms with E-state index in [0.717, 1.165) is 36.8 Å². The Hall–Kier alpha value is -3.67. The van der Waals surface area contributed by atoms with Crippen molar-refractivity contribution >= 4 is 11.8 Å². The average Bonchev–Trinajstić information content (AvgIpc) is 3.41. The normalized spacial score (nSPS) is 14.3. The van der Waals surface area contributed by atoms with Crippen LogP contribution in [0.5, 0.6) is 5.75 Å². The maximum Gasteiger partial charge on any atom is 0.243 e. The number of carbonyl (C=O) groups excluding carboxylic acids is 2. The fourth-order valence-electron chi connectivity index (χ4n) is 4.75. The topological polar surface area (TPSA) is 58.6 Å². The van der Waals surface area contributed by atoms with Gasteiger partial charge in [-0.2, -0.15) is 0 Å². The largest absolute Gasteiger partial charge is 0.497 e. The van der Waals surface area contributed by atoms with Crippen LogP contribution < -0.4 is 10.1 Å². The predicted octanol–water partition coefficient (Wildman–Crippen LogP) is 5.08. The molecule has 4 rings (SSSR count). The Kier molecular flexibility index (Phi) is 8.71. The number of amides is 2. The van der Waals surface area contributed by atoms with Crippen molar-refractivity contribution in [1.82, 2.24) is 10.2 Å². The Morgan fingerprint density at radius 1 is 0.944 bits per heavy atom. The molecule has 3 aromatic carbocycles. The highest BCUT2D eigenvalue weighted by molar-refractivity contribution is 5.89. The van der Waals surface area contributed by atoms with E-state index >= 15 is 0 Å². The van der Waals surface area contributed by atoms with E-state index in [9.17, 15) is 14.0 Å². The van der Waals surface area contributed by atoms with Crippen LogP contribution in [0.1, 0.15) is 42.4 Å². The predicted molar refractivity (Wildman–Crippen MR) is 138 cm³/mol. The van der Waals surface area contributed by atoms with Crippen LogP contribution in [0.3, 0.4) is 0 Å². The molecule has 1 saturated carbocycles. The van der Waals surface area contributed by atoms with Crippen molar-refractivity contribution in [2.75, 3.05) is 7.11 Å².